The van der Waals surface area contributed by atoms with E-state index in [-0.39, 0.29) is 5.91 Å². The Labute approximate surface area is 118 Å². The van der Waals surface area contributed by atoms with Gasteiger partial charge in [-0.1, -0.05) is 18.2 Å². The third-order valence-electron chi connectivity index (χ3n) is 3.04. The monoisotopic (exact) mass is 269 g/mol. The average molecular weight is 269 g/mol. The van der Waals surface area contributed by atoms with Crippen molar-refractivity contribution in [1.29, 1.82) is 0 Å². The topological polar surface area (TPSA) is 81.1 Å². The molecule has 2 aromatic carbocycles. The highest BCUT2D eigenvalue weighted by atomic mass is 16.1. The van der Waals surface area contributed by atoms with E-state index in [1.165, 1.54) is 0 Å². The molecule has 104 valence electrons. The minimum atomic E-state index is -0.414. The number of nitrogens with two attached hydrogens (primary N) is 2. The second-order valence-corrected chi connectivity index (χ2v) is 5.38. The Morgan fingerprint density at radius 1 is 1.10 bits per heavy atom. The maximum Gasteiger partial charge on any atom is 0.255 e. The van der Waals surface area contributed by atoms with Crippen LogP contribution in [0, 0.1) is 0 Å². The van der Waals surface area contributed by atoms with Gasteiger partial charge in [0.05, 0.1) is 0 Å². The summed E-state index contributed by atoms with van der Waals surface area (Å²) in [5, 5.41) is 2.81. The van der Waals surface area contributed by atoms with Crippen LogP contribution >= 0.6 is 0 Å². The lowest BCUT2D eigenvalue weighted by Gasteiger charge is -2.19. The normalized spacial score (nSPS) is 11.2. The molecule has 0 bridgehead atoms. The van der Waals surface area contributed by atoms with Crippen molar-refractivity contribution in [2.75, 3.05) is 11.1 Å². The highest BCUT2D eigenvalue weighted by Gasteiger charge is 2.14. The third-order valence-corrected chi connectivity index (χ3v) is 3.04. The van der Waals surface area contributed by atoms with Gasteiger partial charge in [0.25, 0.3) is 5.91 Å². The number of nitrogen functional groups attached to an aromatic ring is 1. The summed E-state index contributed by atoms with van der Waals surface area (Å²) in [5.74, 6) is -0.169. The van der Waals surface area contributed by atoms with E-state index in [1.807, 2.05) is 26.0 Å². The molecule has 20 heavy (non-hydrogen) atoms. The summed E-state index contributed by atoms with van der Waals surface area (Å²) in [4.78, 5) is 12.1. The van der Waals surface area contributed by atoms with Gasteiger partial charge in [-0.25, -0.2) is 0 Å². The van der Waals surface area contributed by atoms with E-state index in [4.69, 9.17) is 11.5 Å². The van der Waals surface area contributed by atoms with Crippen LogP contribution in [0.1, 0.15) is 29.8 Å². The van der Waals surface area contributed by atoms with Crippen molar-refractivity contribution in [3.8, 4) is 0 Å². The maximum atomic E-state index is 12.1. The Balaban J connectivity index is 2.14. The van der Waals surface area contributed by atoms with Crippen LogP contribution in [0.25, 0.3) is 0 Å². The molecule has 2 rings (SSSR count). The summed E-state index contributed by atoms with van der Waals surface area (Å²) >= 11 is 0. The largest absolute Gasteiger partial charge is 0.399 e. The predicted octanol–water partition coefficient (Wildman–Crippen LogP) is 2.71. The van der Waals surface area contributed by atoms with Gasteiger partial charge in [-0.05, 0) is 49.7 Å². The summed E-state index contributed by atoms with van der Waals surface area (Å²) in [5.41, 5.74) is 14.1. The lowest BCUT2D eigenvalue weighted by atomic mass is 9.95. The molecule has 4 heteroatoms. The Bertz CT molecular complexity index is 612. The van der Waals surface area contributed by atoms with Gasteiger partial charge in [0, 0.05) is 22.5 Å². The van der Waals surface area contributed by atoms with Crippen molar-refractivity contribution in [3.05, 3.63) is 59.7 Å². The van der Waals surface area contributed by atoms with Gasteiger partial charge < -0.3 is 16.8 Å². The summed E-state index contributed by atoms with van der Waals surface area (Å²) in [6.45, 7) is 3.85. The molecule has 5 N–H and O–H groups in total. The first-order chi connectivity index (χ1) is 9.36. The van der Waals surface area contributed by atoms with E-state index in [0.29, 0.717) is 16.9 Å². The van der Waals surface area contributed by atoms with Gasteiger partial charge in [-0.15, -0.1) is 0 Å². The first-order valence-electron chi connectivity index (χ1n) is 6.42. The van der Waals surface area contributed by atoms with E-state index in [9.17, 15) is 4.79 Å². The number of carbonyl (C=O) groups excluding carboxylic acids is 1. The van der Waals surface area contributed by atoms with Crippen LogP contribution in [0.2, 0.25) is 0 Å². The van der Waals surface area contributed by atoms with Crippen LogP contribution in [-0.2, 0) is 5.54 Å². The van der Waals surface area contributed by atoms with Crippen LogP contribution in [-0.4, -0.2) is 5.91 Å². The van der Waals surface area contributed by atoms with E-state index >= 15 is 0 Å². The fourth-order valence-corrected chi connectivity index (χ4v) is 1.87. The minimum Gasteiger partial charge on any atom is -0.399 e. The summed E-state index contributed by atoms with van der Waals surface area (Å²) in [7, 11) is 0. The predicted molar refractivity (Wildman–Crippen MR) is 82.5 cm³/mol. The van der Waals surface area contributed by atoms with Gasteiger partial charge >= 0.3 is 0 Å². The van der Waals surface area contributed by atoms with Crippen LogP contribution in [0.5, 0.6) is 0 Å². The zero-order valence-electron chi connectivity index (χ0n) is 11.7. The van der Waals surface area contributed by atoms with Crippen molar-refractivity contribution in [2.24, 2.45) is 5.73 Å². The molecule has 0 aromatic heterocycles. The number of amides is 1. The molecule has 2 aromatic rings. The van der Waals surface area contributed by atoms with Crippen molar-refractivity contribution in [1.82, 2.24) is 0 Å². The molecule has 0 heterocycles. The highest BCUT2D eigenvalue weighted by Crippen LogP contribution is 2.18. The van der Waals surface area contributed by atoms with Gasteiger partial charge in [0.1, 0.15) is 0 Å². The molecule has 0 saturated carbocycles. The Morgan fingerprint density at radius 3 is 2.30 bits per heavy atom. The van der Waals surface area contributed by atoms with Crippen LogP contribution < -0.4 is 16.8 Å². The van der Waals surface area contributed by atoms with Gasteiger partial charge in [0.2, 0.25) is 0 Å². The molecule has 0 radical (unpaired) electrons. The average Bonchev–Trinajstić information content (AvgIpc) is 2.38. The zero-order valence-corrected chi connectivity index (χ0v) is 11.7. The summed E-state index contributed by atoms with van der Waals surface area (Å²) < 4.78 is 0. The molecular weight excluding hydrogens is 250 g/mol. The molecule has 0 unspecified atom stereocenters. The van der Waals surface area contributed by atoms with Crippen molar-refractivity contribution in [2.45, 2.75) is 19.4 Å². The third kappa shape index (κ3) is 3.36. The van der Waals surface area contributed by atoms with E-state index in [0.717, 1.165) is 5.56 Å². The van der Waals surface area contributed by atoms with Gasteiger partial charge in [-0.3, -0.25) is 4.79 Å². The van der Waals surface area contributed by atoms with E-state index in [2.05, 4.69) is 5.32 Å². The number of carbonyl (C=O) groups is 1. The van der Waals surface area contributed by atoms with Crippen molar-refractivity contribution < 1.29 is 4.79 Å². The molecule has 0 spiro atoms. The van der Waals surface area contributed by atoms with E-state index < -0.39 is 5.54 Å². The lowest BCUT2D eigenvalue weighted by Crippen LogP contribution is -2.28. The number of nitrogens with one attached hydrogen (secondary N) is 1. The number of hydrogen-bond acceptors (Lipinski definition) is 3. The molecule has 0 fully saturated rings. The second kappa shape index (κ2) is 5.35. The second-order valence-electron chi connectivity index (χ2n) is 5.38. The molecule has 0 saturated heterocycles. The Kier molecular flexibility index (Phi) is 3.77. The van der Waals surface area contributed by atoms with Crippen LogP contribution in [0.3, 0.4) is 0 Å². The molecule has 0 aliphatic carbocycles. The standard InChI is InChI=1S/C16H19N3O/c1-16(2,18)12-8-6-11(7-9-12)15(20)19-14-5-3-4-13(17)10-14/h3-10H,17-18H2,1-2H3,(H,19,20). The molecule has 0 atom stereocenters. The number of rotatable bonds is 3. The lowest BCUT2D eigenvalue weighted by molar-refractivity contribution is 0.102. The highest BCUT2D eigenvalue weighted by molar-refractivity contribution is 6.04. The molecule has 0 aliphatic heterocycles. The SMILES string of the molecule is CC(C)(N)c1ccc(C(=O)Nc2cccc(N)c2)cc1. The quantitative estimate of drug-likeness (QED) is 0.749. The van der Waals surface area contributed by atoms with Gasteiger partial charge in [0.15, 0.2) is 0 Å². The minimum absolute atomic E-state index is 0.169. The smallest absolute Gasteiger partial charge is 0.255 e. The zero-order chi connectivity index (χ0) is 14.8. The van der Waals surface area contributed by atoms with Crippen LogP contribution in [0.4, 0.5) is 11.4 Å². The van der Waals surface area contributed by atoms with E-state index in [1.54, 1.807) is 36.4 Å². The maximum absolute atomic E-state index is 12.1. The van der Waals surface area contributed by atoms with Crippen molar-refractivity contribution in [3.63, 3.8) is 0 Å². The number of anilines is 2. The molecule has 0 aliphatic rings. The summed E-state index contributed by atoms with van der Waals surface area (Å²) in [6, 6.07) is 14.4. The van der Waals surface area contributed by atoms with Crippen LogP contribution in [0.15, 0.2) is 48.5 Å². The fraction of sp³-hybridized carbons (Fsp3) is 0.188. The number of hydrogen-bond donors (Lipinski definition) is 3. The molecular formula is C16H19N3O. The Hall–Kier alpha value is -2.33. The molecule has 4 nitrogen and oxygen atoms in total. The first-order valence-corrected chi connectivity index (χ1v) is 6.42. The molecule has 1 amide bonds. The summed E-state index contributed by atoms with van der Waals surface area (Å²) in [6.07, 6.45) is 0. The Morgan fingerprint density at radius 2 is 1.75 bits per heavy atom. The van der Waals surface area contributed by atoms with Gasteiger partial charge in [-0.2, -0.15) is 0 Å². The number of benzene rings is 2. The van der Waals surface area contributed by atoms with Crippen molar-refractivity contribution >= 4 is 17.3 Å². The fourth-order valence-electron chi connectivity index (χ4n) is 1.87. The first kappa shape index (κ1) is 14.1.